The summed E-state index contributed by atoms with van der Waals surface area (Å²) in [4.78, 5) is 18.8. The molecular weight excluding hydrogens is 415 g/mol. The molecule has 2 aromatic carbocycles. The summed E-state index contributed by atoms with van der Waals surface area (Å²) in [7, 11) is 1.77. The molecule has 1 aromatic heterocycles. The average molecular weight is 433 g/mol. The van der Waals surface area contributed by atoms with E-state index in [0.717, 1.165) is 27.7 Å². The Hall–Kier alpha value is -2.21. The van der Waals surface area contributed by atoms with Gasteiger partial charge in [-0.25, -0.2) is 4.98 Å². The first-order valence-electron chi connectivity index (χ1n) is 8.67. The Kier molecular flexibility index (Phi) is 6.50. The molecule has 0 unspecified atom stereocenters. The molecule has 0 radical (unpaired) electrons. The van der Waals surface area contributed by atoms with Crippen LogP contribution >= 0.6 is 35.4 Å². The SMILES string of the molecule is CCOC(=O)CN(C)C(=S)c1cc(-c2ccc(Cl)c(Cl)c2)nc2ccccc12. The summed E-state index contributed by atoms with van der Waals surface area (Å²) < 4.78 is 5.02. The van der Waals surface area contributed by atoms with E-state index in [9.17, 15) is 4.79 Å². The molecule has 0 bridgehead atoms. The molecule has 0 aliphatic carbocycles. The maximum atomic E-state index is 11.8. The number of ether oxygens (including phenoxy) is 1. The Labute approximate surface area is 179 Å². The fourth-order valence-corrected chi connectivity index (χ4v) is 3.36. The molecule has 0 atom stereocenters. The fourth-order valence-electron chi connectivity index (χ4n) is 2.83. The summed E-state index contributed by atoms with van der Waals surface area (Å²) in [6, 6.07) is 15.0. The third kappa shape index (κ3) is 4.43. The van der Waals surface area contributed by atoms with Crippen LogP contribution in [0.25, 0.3) is 22.2 Å². The molecule has 4 nitrogen and oxygen atoms in total. The lowest BCUT2D eigenvalue weighted by molar-refractivity contribution is -0.143. The van der Waals surface area contributed by atoms with Crippen LogP contribution in [0.5, 0.6) is 0 Å². The number of halogens is 2. The van der Waals surface area contributed by atoms with Gasteiger partial charge < -0.3 is 9.64 Å². The van der Waals surface area contributed by atoms with Crippen LogP contribution in [-0.4, -0.2) is 41.0 Å². The summed E-state index contributed by atoms with van der Waals surface area (Å²) in [5, 5.41) is 1.85. The predicted molar refractivity (Wildman–Crippen MR) is 118 cm³/mol. The van der Waals surface area contributed by atoms with Gasteiger partial charge in [-0.1, -0.05) is 59.7 Å². The maximum absolute atomic E-state index is 11.8. The highest BCUT2D eigenvalue weighted by atomic mass is 35.5. The minimum Gasteiger partial charge on any atom is -0.465 e. The molecule has 144 valence electrons. The van der Waals surface area contributed by atoms with Gasteiger partial charge >= 0.3 is 5.97 Å². The third-order valence-electron chi connectivity index (χ3n) is 4.18. The molecule has 0 N–H and O–H groups in total. The molecule has 0 saturated carbocycles. The Morgan fingerprint density at radius 2 is 1.89 bits per heavy atom. The summed E-state index contributed by atoms with van der Waals surface area (Å²) in [5.74, 6) is -0.324. The lowest BCUT2D eigenvalue weighted by Crippen LogP contribution is -2.32. The van der Waals surface area contributed by atoms with Crippen molar-refractivity contribution in [3.8, 4) is 11.3 Å². The lowest BCUT2D eigenvalue weighted by atomic mass is 10.0. The van der Waals surface area contributed by atoms with Crippen molar-refractivity contribution >= 4 is 57.3 Å². The summed E-state index contributed by atoms with van der Waals surface area (Å²) in [6.45, 7) is 2.18. The zero-order chi connectivity index (χ0) is 20.3. The van der Waals surface area contributed by atoms with Crippen LogP contribution in [0, 0.1) is 0 Å². The minimum atomic E-state index is -0.324. The number of fused-ring (bicyclic) bond motifs is 1. The Bertz CT molecular complexity index is 1060. The van der Waals surface area contributed by atoms with Crippen molar-refractivity contribution in [3.05, 3.63) is 64.1 Å². The van der Waals surface area contributed by atoms with Gasteiger partial charge in [-0.2, -0.15) is 0 Å². The van der Waals surface area contributed by atoms with Crippen molar-refractivity contribution in [2.24, 2.45) is 0 Å². The number of nitrogens with zero attached hydrogens (tertiary/aromatic N) is 2. The van der Waals surface area contributed by atoms with E-state index in [4.69, 9.17) is 45.1 Å². The second-order valence-electron chi connectivity index (χ2n) is 6.17. The first kappa shape index (κ1) is 20.5. The molecular formula is C21H18Cl2N2O2S. The van der Waals surface area contributed by atoms with Crippen LogP contribution in [0.4, 0.5) is 0 Å². The van der Waals surface area contributed by atoms with Gasteiger partial charge in [0.25, 0.3) is 0 Å². The van der Waals surface area contributed by atoms with Gasteiger partial charge in [0.1, 0.15) is 11.5 Å². The highest BCUT2D eigenvalue weighted by Crippen LogP contribution is 2.30. The van der Waals surface area contributed by atoms with E-state index >= 15 is 0 Å². The van der Waals surface area contributed by atoms with Crippen molar-refractivity contribution in [2.45, 2.75) is 6.92 Å². The van der Waals surface area contributed by atoms with Crippen molar-refractivity contribution in [2.75, 3.05) is 20.2 Å². The second kappa shape index (κ2) is 8.86. The number of rotatable bonds is 5. The number of para-hydroxylation sites is 1. The third-order valence-corrected chi connectivity index (χ3v) is 5.45. The highest BCUT2D eigenvalue weighted by molar-refractivity contribution is 7.80. The Balaban J connectivity index is 2.06. The standard InChI is InChI=1S/C21H18Cl2N2O2S/c1-3-27-20(26)12-25(2)21(28)15-11-19(13-8-9-16(22)17(23)10-13)24-18-7-5-4-6-14(15)18/h4-11H,3,12H2,1-2H3. The van der Waals surface area contributed by atoms with Crippen LogP contribution in [-0.2, 0) is 9.53 Å². The van der Waals surface area contributed by atoms with Gasteiger partial charge in [-0.05, 0) is 31.2 Å². The molecule has 3 aromatic rings. The number of aromatic nitrogens is 1. The van der Waals surface area contributed by atoms with Crippen LogP contribution in [0.1, 0.15) is 12.5 Å². The minimum absolute atomic E-state index is 0.0748. The smallest absolute Gasteiger partial charge is 0.325 e. The first-order chi connectivity index (χ1) is 13.4. The maximum Gasteiger partial charge on any atom is 0.325 e. The number of carbonyl (C=O) groups excluding carboxylic acids is 1. The molecule has 0 aliphatic rings. The van der Waals surface area contributed by atoms with Gasteiger partial charge in [0.15, 0.2) is 0 Å². The number of hydrogen-bond acceptors (Lipinski definition) is 4. The van der Waals surface area contributed by atoms with Gasteiger partial charge in [0.05, 0.1) is 27.9 Å². The van der Waals surface area contributed by atoms with Crippen molar-refractivity contribution < 1.29 is 9.53 Å². The van der Waals surface area contributed by atoms with Crippen LogP contribution in [0.3, 0.4) is 0 Å². The monoisotopic (exact) mass is 432 g/mol. The topological polar surface area (TPSA) is 42.4 Å². The first-order valence-corrected chi connectivity index (χ1v) is 9.83. The van der Waals surface area contributed by atoms with E-state index in [1.165, 1.54) is 0 Å². The molecule has 28 heavy (non-hydrogen) atoms. The van der Waals surface area contributed by atoms with E-state index in [0.29, 0.717) is 21.6 Å². The van der Waals surface area contributed by atoms with Gasteiger partial charge in [0, 0.05) is 23.6 Å². The Morgan fingerprint density at radius 1 is 1.14 bits per heavy atom. The number of pyridine rings is 1. The van der Waals surface area contributed by atoms with E-state index in [-0.39, 0.29) is 12.5 Å². The van der Waals surface area contributed by atoms with Crippen molar-refractivity contribution in [1.29, 1.82) is 0 Å². The normalized spacial score (nSPS) is 10.7. The molecule has 7 heteroatoms. The number of thiocarbonyl (C=S) groups is 1. The molecule has 0 aliphatic heterocycles. The van der Waals surface area contributed by atoms with Crippen molar-refractivity contribution in [1.82, 2.24) is 9.88 Å². The molecule has 0 spiro atoms. The lowest BCUT2D eigenvalue weighted by Gasteiger charge is -2.21. The molecule has 0 amide bonds. The van der Waals surface area contributed by atoms with Gasteiger partial charge in [0.2, 0.25) is 0 Å². The van der Waals surface area contributed by atoms with Gasteiger partial charge in [-0.15, -0.1) is 0 Å². The number of benzene rings is 2. The molecule has 1 heterocycles. The summed E-state index contributed by atoms with van der Waals surface area (Å²) in [6.07, 6.45) is 0. The number of likely N-dealkylation sites (N-methyl/N-ethyl adjacent to an activating group) is 1. The van der Waals surface area contributed by atoms with E-state index in [2.05, 4.69) is 0 Å². The average Bonchev–Trinajstić information content (AvgIpc) is 2.68. The predicted octanol–water partition coefficient (Wildman–Crippen LogP) is 5.38. The van der Waals surface area contributed by atoms with E-state index in [1.54, 1.807) is 31.0 Å². The zero-order valence-corrected chi connectivity index (χ0v) is 17.7. The zero-order valence-electron chi connectivity index (χ0n) is 15.4. The largest absolute Gasteiger partial charge is 0.465 e. The molecule has 0 fully saturated rings. The van der Waals surface area contributed by atoms with Crippen LogP contribution in [0.15, 0.2) is 48.5 Å². The van der Waals surface area contributed by atoms with Gasteiger partial charge in [-0.3, -0.25) is 4.79 Å². The molecule has 3 rings (SSSR count). The highest BCUT2D eigenvalue weighted by Gasteiger charge is 2.17. The Morgan fingerprint density at radius 3 is 2.61 bits per heavy atom. The number of carbonyl (C=O) groups is 1. The van der Waals surface area contributed by atoms with Crippen LogP contribution < -0.4 is 0 Å². The molecule has 0 saturated heterocycles. The summed E-state index contributed by atoms with van der Waals surface area (Å²) >= 11 is 17.9. The number of hydrogen-bond donors (Lipinski definition) is 0. The summed E-state index contributed by atoms with van der Waals surface area (Å²) in [5.41, 5.74) is 3.16. The second-order valence-corrected chi connectivity index (χ2v) is 7.37. The van der Waals surface area contributed by atoms with Crippen molar-refractivity contribution in [3.63, 3.8) is 0 Å². The quantitative estimate of drug-likeness (QED) is 0.399. The number of esters is 1. The van der Waals surface area contributed by atoms with E-state index < -0.39 is 0 Å². The fraction of sp³-hybridized carbons (Fsp3) is 0.190. The van der Waals surface area contributed by atoms with E-state index in [1.807, 2.05) is 36.4 Å². The van der Waals surface area contributed by atoms with Crippen LogP contribution in [0.2, 0.25) is 10.0 Å².